The maximum absolute atomic E-state index is 11.0. The van der Waals surface area contributed by atoms with Crippen LogP contribution in [-0.4, -0.2) is 28.8 Å². The van der Waals surface area contributed by atoms with Crippen molar-refractivity contribution < 1.29 is 19.8 Å². The molecule has 0 unspecified atom stereocenters. The van der Waals surface area contributed by atoms with Crippen molar-refractivity contribution in [2.24, 2.45) is 0 Å². The van der Waals surface area contributed by atoms with Crippen molar-refractivity contribution in [1.29, 1.82) is 0 Å². The number of aromatic carboxylic acids is 2. The highest BCUT2D eigenvalue weighted by Gasteiger charge is 2.33. The third-order valence-corrected chi connectivity index (χ3v) is 10.2. The molecule has 164 valence electrons. The monoisotopic (exact) mass is 492 g/mol. The number of rotatable bonds is 6. The molecular weight excluding hydrogens is 475 g/mol. The highest BCUT2D eigenvalue weighted by atomic mass is 35.7. The second-order valence-electron chi connectivity index (χ2n) is 7.49. The lowest BCUT2D eigenvalue weighted by Crippen LogP contribution is -2.48. The van der Waals surface area contributed by atoms with Crippen LogP contribution < -0.4 is 10.4 Å². The van der Waals surface area contributed by atoms with E-state index in [2.05, 4.69) is 0 Å². The molecule has 7 heteroatoms. The smallest absolute Gasteiger partial charge is 0.335 e. The molecule has 0 aliphatic rings. The third-order valence-electron chi connectivity index (χ3n) is 5.43. The van der Waals surface area contributed by atoms with Crippen molar-refractivity contribution in [2.45, 2.75) is 0 Å². The first-order valence-electron chi connectivity index (χ1n) is 10.0. The Bertz CT molecular complexity index is 1200. The van der Waals surface area contributed by atoms with Gasteiger partial charge in [0.05, 0.1) is 11.1 Å². The molecule has 0 spiro atoms. The molecular formula is C26H18Cl2O4Si. The second-order valence-corrected chi connectivity index (χ2v) is 13.8. The SMILES string of the molecule is O=C(O)c1ccc(-c2ccc([Si](Cl)(Cl)c3ccc(-c4ccc(C(=O)O)cc4)cc3)cc2)cc1. The Kier molecular flexibility index (Phi) is 6.38. The van der Waals surface area contributed by atoms with Crippen molar-refractivity contribution in [3.8, 4) is 22.3 Å². The van der Waals surface area contributed by atoms with E-state index < -0.39 is 18.6 Å². The Hall–Kier alpha value is -3.38. The number of halogens is 2. The molecule has 4 aromatic rings. The minimum atomic E-state index is -2.96. The van der Waals surface area contributed by atoms with Gasteiger partial charge in [0.25, 0.3) is 0 Å². The maximum Gasteiger partial charge on any atom is 0.335 e. The van der Waals surface area contributed by atoms with Crippen LogP contribution in [0.4, 0.5) is 0 Å². The van der Waals surface area contributed by atoms with E-state index in [1.54, 1.807) is 48.5 Å². The highest BCUT2D eigenvalue weighted by Crippen LogP contribution is 2.24. The summed E-state index contributed by atoms with van der Waals surface area (Å²) in [6.07, 6.45) is 0. The van der Waals surface area contributed by atoms with Gasteiger partial charge in [0.15, 0.2) is 0 Å². The fourth-order valence-corrected chi connectivity index (χ4v) is 6.54. The minimum absolute atomic E-state index is 0.240. The van der Waals surface area contributed by atoms with E-state index in [1.807, 2.05) is 48.5 Å². The summed E-state index contributed by atoms with van der Waals surface area (Å²) in [6.45, 7) is -2.96. The van der Waals surface area contributed by atoms with Crippen LogP contribution in [0.2, 0.25) is 0 Å². The fraction of sp³-hybridized carbons (Fsp3) is 0. The van der Waals surface area contributed by atoms with Gasteiger partial charge in [-0.05, 0) is 56.9 Å². The zero-order chi connectivity index (χ0) is 23.6. The van der Waals surface area contributed by atoms with E-state index in [0.717, 1.165) is 32.6 Å². The molecule has 0 saturated carbocycles. The van der Waals surface area contributed by atoms with E-state index in [4.69, 9.17) is 32.4 Å². The third kappa shape index (κ3) is 4.86. The van der Waals surface area contributed by atoms with E-state index >= 15 is 0 Å². The topological polar surface area (TPSA) is 74.6 Å². The molecule has 4 rings (SSSR count). The first-order valence-corrected chi connectivity index (χ1v) is 14.0. The molecule has 0 fully saturated rings. The predicted octanol–water partition coefficient (Wildman–Crippen LogP) is 5.45. The average molecular weight is 493 g/mol. The van der Waals surface area contributed by atoms with Crippen LogP contribution in [0.3, 0.4) is 0 Å². The minimum Gasteiger partial charge on any atom is -0.478 e. The van der Waals surface area contributed by atoms with E-state index in [1.165, 1.54) is 0 Å². The largest absolute Gasteiger partial charge is 0.478 e. The van der Waals surface area contributed by atoms with Crippen molar-refractivity contribution >= 4 is 51.2 Å². The lowest BCUT2D eigenvalue weighted by molar-refractivity contribution is 0.0686. The van der Waals surface area contributed by atoms with Crippen LogP contribution in [-0.2, 0) is 0 Å². The second kappa shape index (κ2) is 9.23. The zero-order valence-electron chi connectivity index (χ0n) is 17.2. The molecule has 0 heterocycles. The van der Waals surface area contributed by atoms with Gasteiger partial charge in [-0.2, -0.15) is 0 Å². The van der Waals surface area contributed by atoms with Crippen LogP contribution in [0.1, 0.15) is 20.7 Å². The van der Waals surface area contributed by atoms with Crippen molar-refractivity contribution in [1.82, 2.24) is 0 Å². The average Bonchev–Trinajstić information content (AvgIpc) is 2.84. The Morgan fingerprint density at radius 2 is 0.727 bits per heavy atom. The van der Waals surface area contributed by atoms with Gasteiger partial charge in [0.1, 0.15) is 0 Å². The van der Waals surface area contributed by atoms with Crippen LogP contribution in [0.15, 0.2) is 97.1 Å². The summed E-state index contributed by atoms with van der Waals surface area (Å²) in [7, 11) is 0. The van der Waals surface area contributed by atoms with Crippen molar-refractivity contribution in [2.75, 3.05) is 0 Å². The fourth-order valence-electron chi connectivity index (χ4n) is 3.52. The van der Waals surface area contributed by atoms with Gasteiger partial charge in [-0.25, -0.2) is 9.59 Å². The van der Waals surface area contributed by atoms with Crippen LogP contribution in [0.5, 0.6) is 0 Å². The molecule has 0 radical (unpaired) electrons. The molecule has 0 amide bonds. The molecule has 2 N–H and O–H groups in total. The van der Waals surface area contributed by atoms with Gasteiger partial charge >= 0.3 is 18.6 Å². The lowest BCUT2D eigenvalue weighted by Gasteiger charge is -2.19. The lowest BCUT2D eigenvalue weighted by atomic mass is 10.0. The number of carboxylic acid groups (broad SMARTS) is 2. The Balaban J connectivity index is 1.55. The first-order chi connectivity index (χ1) is 15.8. The van der Waals surface area contributed by atoms with Gasteiger partial charge in [0.2, 0.25) is 0 Å². The van der Waals surface area contributed by atoms with Gasteiger partial charge in [0, 0.05) is 0 Å². The molecule has 0 bridgehead atoms. The van der Waals surface area contributed by atoms with Gasteiger partial charge < -0.3 is 10.2 Å². The van der Waals surface area contributed by atoms with Gasteiger partial charge in [-0.3, -0.25) is 0 Å². The van der Waals surface area contributed by atoms with Crippen molar-refractivity contribution in [3.05, 3.63) is 108 Å². The highest BCUT2D eigenvalue weighted by molar-refractivity contribution is 7.56. The van der Waals surface area contributed by atoms with E-state index in [-0.39, 0.29) is 11.1 Å². The normalized spacial score (nSPS) is 11.2. The molecule has 0 aromatic heterocycles. The Labute approximate surface area is 201 Å². The van der Waals surface area contributed by atoms with Crippen LogP contribution in [0.25, 0.3) is 22.3 Å². The van der Waals surface area contributed by atoms with Crippen LogP contribution in [0, 0.1) is 0 Å². The van der Waals surface area contributed by atoms with Gasteiger partial charge in [-0.15, -0.1) is 22.2 Å². The Morgan fingerprint density at radius 1 is 0.485 bits per heavy atom. The summed E-state index contributed by atoms with van der Waals surface area (Å²) < 4.78 is 0. The maximum atomic E-state index is 11.0. The van der Waals surface area contributed by atoms with E-state index in [9.17, 15) is 9.59 Å². The van der Waals surface area contributed by atoms with Gasteiger partial charge in [-0.1, -0.05) is 72.8 Å². The summed E-state index contributed by atoms with van der Waals surface area (Å²) in [4.78, 5) is 22.1. The molecule has 0 aliphatic carbocycles. The molecule has 4 nitrogen and oxygen atoms in total. The molecule has 0 aliphatic heterocycles. The quantitative estimate of drug-likeness (QED) is 0.277. The summed E-state index contributed by atoms with van der Waals surface area (Å²) in [5.74, 6) is -1.92. The summed E-state index contributed by atoms with van der Waals surface area (Å²) in [5, 5.41) is 19.8. The number of benzene rings is 4. The summed E-state index contributed by atoms with van der Waals surface area (Å²) >= 11 is 13.7. The number of carboxylic acids is 2. The molecule has 0 saturated heterocycles. The molecule has 4 aromatic carbocycles. The summed E-state index contributed by atoms with van der Waals surface area (Å²) in [5.41, 5.74) is 4.17. The van der Waals surface area contributed by atoms with Crippen LogP contribution >= 0.6 is 22.2 Å². The number of hydrogen-bond donors (Lipinski definition) is 2. The predicted molar refractivity (Wildman–Crippen MR) is 134 cm³/mol. The number of carbonyl (C=O) groups is 2. The Morgan fingerprint density at radius 3 is 0.970 bits per heavy atom. The standard InChI is InChI=1S/C26H18Cl2O4Si/c27-33(28,23-13-9-19(10-14-23)17-1-5-21(6-2-17)25(29)30)24-15-11-20(12-16-24)18-3-7-22(8-4-18)26(31)32/h1-16H,(H,29,30)(H,31,32). The first kappa shape index (κ1) is 22.8. The summed E-state index contributed by atoms with van der Waals surface area (Å²) in [6, 6.07) is 28.7. The van der Waals surface area contributed by atoms with E-state index in [0.29, 0.717) is 0 Å². The van der Waals surface area contributed by atoms with Crippen molar-refractivity contribution in [3.63, 3.8) is 0 Å². The zero-order valence-corrected chi connectivity index (χ0v) is 19.7. The molecule has 0 atom stereocenters. The molecule has 33 heavy (non-hydrogen) atoms. The number of hydrogen-bond acceptors (Lipinski definition) is 2.